The first-order chi connectivity index (χ1) is 29.9. The number of benzene rings is 4. The number of hydrogen-bond acceptors (Lipinski definition) is 6. The molecule has 0 aliphatic carbocycles. The average Bonchev–Trinajstić information content (AvgIpc) is 3.72. The highest BCUT2D eigenvalue weighted by Gasteiger charge is 2.33. The molecule has 1 atom stereocenters. The third-order valence-electron chi connectivity index (χ3n) is 14.5. The van der Waals surface area contributed by atoms with Gasteiger partial charge in [0.2, 0.25) is 0 Å². The van der Waals surface area contributed by atoms with Gasteiger partial charge in [-0.1, -0.05) is 140 Å². The summed E-state index contributed by atoms with van der Waals surface area (Å²) in [6.45, 7) is 25.8. The topological polar surface area (TPSA) is 96.2 Å². The molecule has 1 saturated heterocycles. The van der Waals surface area contributed by atoms with Gasteiger partial charge < -0.3 is 24.8 Å². The van der Waals surface area contributed by atoms with Gasteiger partial charge in [0.1, 0.15) is 24.2 Å². The lowest BCUT2D eigenvalue weighted by atomic mass is 9.70. The molecule has 3 N–H and O–H groups in total. The van der Waals surface area contributed by atoms with E-state index in [4.69, 9.17) is 9.47 Å². The van der Waals surface area contributed by atoms with Gasteiger partial charge in [-0.15, -0.1) is 0 Å². The van der Waals surface area contributed by atoms with E-state index in [1.54, 1.807) is 0 Å². The molecular formula is C57H78O6. The van der Waals surface area contributed by atoms with Crippen LogP contribution in [0.5, 0.6) is 11.5 Å². The van der Waals surface area contributed by atoms with Crippen LogP contribution in [0.15, 0.2) is 84.9 Å². The Bertz CT molecular complexity index is 2180. The van der Waals surface area contributed by atoms with Crippen molar-refractivity contribution in [3.63, 3.8) is 0 Å². The Morgan fingerprint density at radius 2 is 0.968 bits per heavy atom. The van der Waals surface area contributed by atoms with Crippen LogP contribution in [-0.2, 0) is 20.4 Å². The number of aliphatic hydroxyl groups is 2. The molecule has 0 radical (unpaired) electrons. The fraction of sp³-hybridized carbons (Fsp3) is 0.491. The number of carbonyl (C=O) groups excluding carboxylic acids is 1. The van der Waals surface area contributed by atoms with Crippen LogP contribution in [0.2, 0.25) is 0 Å². The zero-order valence-electron chi connectivity index (χ0n) is 40.7. The number of cyclic esters (lactones) is 1. The second-order valence-electron chi connectivity index (χ2n) is 18.0. The fourth-order valence-corrected chi connectivity index (χ4v) is 9.19. The highest BCUT2D eigenvalue weighted by Crippen LogP contribution is 2.42. The molecule has 6 nitrogen and oxygen atoms in total. The highest BCUT2D eigenvalue weighted by atomic mass is 16.6. The van der Waals surface area contributed by atoms with Crippen LogP contribution in [0.25, 0.3) is 12.2 Å². The molecule has 5 rings (SSSR count). The number of phenols is 1. The Kier molecular flexibility index (Phi) is 18.1. The first kappa shape index (κ1) is 51.0. The van der Waals surface area contributed by atoms with Gasteiger partial charge in [-0.25, -0.2) is 0 Å². The minimum absolute atomic E-state index is 0.0704. The van der Waals surface area contributed by atoms with E-state index in [1.165, 1.54) is 33.4 Å². The van der Waals surface area contributed by atoms with Crippen molar-refractivity contribution in [3.05, 3.63) is 141 Å². The van der Waals surface area contributed by atoms with E-state index < -0.39 is 11.2 Å². The van der Waals surface area contributed by atoms with Crippen molar-refractivity contribution in [1.29, 1.82) is 0 Å². The standard InChI is InChI=1S/C31H42O4.C26H36O2/c1-7-30(33,8-2)18-17-24-11-12-25(19-22(24)5)31(9-3,10-4)26-13-15-28(23(6)20-26)34-21-27-14-16-29(32)35-27;1-7-25(28,8-2)16-15-21-11-12-22(17-19(21)5)26(9-3,10-4)23-13-14-24(27)20(6)18-23/h11-13,15,17-20,27,33H,7-10,14,16,21H2,1-6H3;11-18,27-28H,7-10H2,1-6H3/b18-17+;16-15+/t27-;/m1./s1. The van der Waals surface area contributed by atoms with Gasteiger partial charge in [-0.05, 0) is 153 Å². The van der Waals surface area contributed by atoms with E-state index in [0.717, 1.165) is 60.1 Å². The summed E-state index contributed by atoms with van der Waals surface area (Å²) in [5.41, 5.74) is 10.2. The molecule has 0 unspecified atom stereocenters. The normalized spacial score (nSPS) is 14.9. The monoisotopic (exact) mass is 859 g/mol. The first-order valence-corrected chi connectivity index (χ1v) is 23.7. The van der Waals surface area contributed by atoms with E-state index in [1.807, 2.05) is 52.8 Å². The number of rotatable bonds is 19. The second kappa shape index (κ2) is 22.3. The third kappa shape index (κ3) is 11.9. The summed E-state index contributed by atoms with van der Waals surface area (Å²) in [4.78, 5) is 11.3. The van der Waals surface area contributed by atoms with Crippen molar-refractivity contribution in [2.75, 3.05) is 6.61 Å². The van der Waals surface area contributed by atoms with Crippen molar-refractivity contribution in [3.8, 4) is 11.5 Å². The Morgan fingerprint density at radius 3 is 1.32 bits per heavy atom. The minimum atomic E-state index is -0.748. The lowest BCUT2D eigenvalue weighted by Gasteiger charge is -2.34. The SMILES string of the molecule is CCC(O)(/C=C/c1ccc(C(CC)(CC)c2ccc(O)c(C)c2)cc1C)CC.CCC(O)(/C=C/c1ccc(C(CC)(CC)c2ccc(OC[C@H]3CCC(=O)O3)c(C)c2)cc1C)CC. The van der Waals surface area contributed by atoms with Gasteiger partial charge in [0.25, 0.3) is 0 Å². The zero-order valence-corrected chi connectivity index (χ0v) is 40.7. The first-order valence-electron chi connectivity index (χ1n) is 23.7. The Morgan fingerprint density at radius 1 is 0.571 bits per heavy atom. The molecule has 63 heavy (non-hydrogen) atoms. The lowest BCUT2D eigenvalue weighted by Crippen LogP contribution is -2.26. The summed E-state index contributed by atoms with van der Waals surface area (Å²) in [6, 6.07) is 25.9. The molecule has 1 heterocycles. The van der Waals surface area contributed by atoms with Gasteiger partial charge in [0.15, 0.2) is 0 Å². The summed E-state index contributed by atoms with van der Waals surface area (Å²) < 4.78 is 11.3. The van der Waals surface area contributed by atoms with Crippen LogP contribution >= 0.6 is 0 Å². The van der Waals surface area contributed by atoms with Gasteiger partial charge in [-0.2, -0.15) is 0 Å². The number of carbonyl (C=O) groups is 1. The molecule has 342 valence electrons. The van der Waals surface area contributed by atoms with Crippen LogP contribution in [0.1, 0.15) is 175 Å². The van der Waals surface area contributed by atoms with Gasteiger partial charge >= 0.3 is 5.97 Å². The maximum absolute atomic E-state index is 11.3. The number of hydrogen-bond donors (Lipinski definition) is 3. The molecule has 0 aromatic heterocycles. The Labute approximate surface area is 380 Å². The van der Waals surface area contributed by atoms with E-state index in [0.29, 0.717) is 44.5 Å². The molecule has 4 aromatic carbocycles. The van der Waals surface area contributed by atoms with Crippen LogP contribution in [0.3, 0.4) is 0 Å². The molecule has 0 spiro atoms. The molecule has 0 saturated carbocycles. The third-order valence-corrected chi connectivity index (χ3v) is 14.5. The Balaban J connectivity index is 0.000000284. The van der Waals surface area contributed by atoms with Crippen LogP contribution in [0.4, 0.5) is 0 Å². The van der Waals surface area contributed by atoms with E-state index >= 15 is 0 Å². The maximum Gasteiger partial charge on any atom is 0.306 e. The van der Waals surface area contributed by atoms with Crippen LogP contribution in [0, 0.1) is 27.7 Å². The predicted molar refractivity (Wildman–Crippen MR) is 263 cm³/mol. The van der Waals surface area contributed by atoms with E-state index in [9.17, 15) is 20.1 Å². The van der Waals surface area contributed by atoms with Gasteiger partial charge in [-0.3, -0.25) is 4.79 Å². The minimum Gasteiger partial charge on any atom is -0.508 e. The largest absolute Gasteiger partial charge is 0.508 e. The van der Waals surface area contributed by atoms with Crippen molar-refractivity contribution in [2.24, 2.45) is 0 Å². The molecular weight excluding hydrogens is 781 g/mol. The van der Waals surface area contributed by atoms with E-state index in [2.05, 4.69) is 127 Å². The summed E-state index contributed by atoms with van der Waals surface area (Å²) >= 11 is 0. The molecule has 1 fully saturated rings. The van der Waals surface area contributed by atoms with Crippen molar-refractivity contribution in [1.82, 2.24) is 0 Å². The van der Waals surface area contributed by atoms with Gasteiger partial charge in [0, 0.05) is 17.3 Å². The fourth-order valence-electron chi connectivity index (χ4n) is 9.19. The molecule has 4 aromatic rings. The van der Waals surface area contributed by atoms with E-state index in [-0.39, 0.29) is 22.9 Å². The summed E-state index contributed by atoms with van der Waals surface area (Å²) in [5.74, 6) is 1.05. The Hall–Kier alpha value is -4.65. The van der Waals surface area contributed by atoms with Crippen molar-refractivity contribution >= 4 is 18.1 Å². The highest BCUT2D eigenvalue weighted by molar-refractivity contribution is 5.71. The zero-order chi connectivity index (χ0) is 46.6. The number of ether oxygens (including phenoxy) is 2. The summed E-state index contributed by atoms with van der Waals surface area (Å²) in [5, 5.41) is 31.1. The molecule has 0 amide bonds. The van der Waals surface area contributed by atoms with Crippen molar-refractivity contribution < 1.29 is 29.6 Å². The second-order valence-corrected chi connectivity index (χ2v) is 18.0. The average molecular weight is 859 g/mol. The molecule has 1 aliphatic heterocycles. The smallest absolute Gasteiger partial charge is 0.306 e. The lowest BCUT2D eigenvalue weighted by molar-refractivity contribution is -0.142. The van der Waals surface area contributed by atoms with Crippen LogP contribution in [-0.4, -0.2) is 45.2 Å². The summed E-state index contributed by atoms with van der Waals surface area (Å²) in [6.07, 6.45) is 15.9. The predicted octanol–water partition coefficient (Wildman–Crippen LogP) is 13.7. The molecule has 1 aliphatic rings. The number of aryl methyl sites for hydroxylation is 4. The number of aromatic hydroxyl groups is 1. The number of esters is 1. The number of phenolic OH excluding ortho intramolecular Hbond substituents is 1. The molecule has 6 heteroatoms. The quantitative estimate of drug-likeness (QED) is 0.0813. The summed E-state index contributed by atoms with van der Waals surface area (Å²) in [7, 11) is 0. The van der Waals surface area contributed by atoms with Crippen molar-refractivity contribution in [2.45, 2.75) is 175 Å². The van der Waals surface area contributed by atoms with Gasteiger partial charge in [0.05, 0.1) is 11.2 Å². The van der Waals surface area contributed by atoms with Crippen LogP contribution < -0.4 is 4.74 Å². The molecule has 0 bridgehead atoms. The maximum atomic E-state index is 11.3.